The maximum absolute atomic E-state index is 12.3. The second kappa shape index (κ2) is 16.6. The van der Waals surface area contributed by atoms with Gasteiger partial charge in [0.2, 0.25) is 5.91 Å². The second-order valence-electron chi connectivity index (χ2n) is 7.95. The van der Waals surface area contributed by atoms with Gasteiger partial charge in [-0.05, 0) is 58.3 Å². The molecule has 0 spiro atoms. The number of aromatic nitrogens is 2. The molecule has 10 nitrogen and oxygen atoms in total. The van der Waals surface area contributed by atoms with Gasteiger partial charge in [-0.1, -0.05) is 6.42 Å². The van der Waals surface area contributed by atoms with Crippen LogP contribution in [-0.2, 0) is 11.2 Å². The van der Waals surface area contributed by atoms with Gasteiger partial charge < -0.3 is 33.2 Å². The highest BCUT2D eigenvalue weighted by Gasteiger charge is 2.15. The molecule has 34 heavy (non-hydrogen) atoms. The van der Waals surface area contributed by atoms with Crippen LogP contribution in [0.5, 0.6) is 0 Å². The molecule has 2 aromatic rings. The highest BCUT2D eigenvalue weighted by Crippen LogP contribution is 2.25. The van der Waals surface area contributed by atoms with Crippen LogP contribution in [0.3, 0.4) is 0 Å². The van der Waals surface area contributed by atoms with E-state index in [1.807, 2.05) is 5.38 Å². The topological polar surface area (TPSA) is 174 Å². The summed E-state index contributed by atoms with van der Waals surface area (Å²) in [5, 5.41) is 14.4. The molecule has 0 aromatic carbocycles. The van der Waals surface area contributed by atoms with E-state index in [-0.39, 0.29) is 11.8 Å². The SMILES string of the molecule is NCCCCNCCCNC(=O)c1csc(-c2csc(CCNC(=O)[C@@H](N)CCCCN)n2)n1. The number of nitrogens with zero attached hydrogens (tertiary/aromatic N) is 2. The van der Waals surface area contributed by atoms with Crippen LogP contribution in [-0.4, -0.2) is 67.1 Å². The Hall–Kier alpha value is -1.96. The molecule has 0 fully saturated rings. The summed E-state index contributed by atoms with van der Waals surface area (Å²) in [5.41, 5.74) is 18.0. The van der Waals surface area contributed by atoms with E-state index in [2.05, 4.69) is 25.9 Å². The Kier molecular flexibility index (Phi) is 13.8. The Labute approximate surface area is 209 Å². The largest absolute Gasteiger partial charge is 0.354 e. The van der Waals surface area contributed by atoms with Crippen LogP contribution in [0.25, 0.3) is 10.7 Å². The third-order valence-corrected chi connectivity index (χ3v) is 6.85. The first-order valence-electron chi connectivity index (χ1n) is 11.9. The van der Waals surface area contributed by atoms with Crippen molar-refractivity contribution in [2.75, 3.05) is 39.3 Å². The van der Waals surface area contributed by atoms with Gasteiger partial charge in [0.15, 0.2) is 0 Å². The second-order valence-corrected chi connectivity index (χ2v) is 9.75. The van der Waals surface area contributed by atoms with Crippen LogP contribution in [0.15, 0.2) is 10.8 Å². The van der Waals surface area contributed by atoms with Crippen LogP contribution in [0.1, 0.15) is 54.0 Å². The number of nitrogens with two attached hydrogens (primary N) is 3. The van der Waals surface area contributed by atoms with E-state index in [1.54, 1.807) is 5.38 Å². The van der Waals surface area contributed by atoms with E-state index in [0.717, 1.165) is 62.4 Å². The summed E-state index contributed by atoms with van der Waals surface area (Å²) in [6.07, 6.45) is 5.92. The minimum absolute atomic E-state index is 0.147. The first-order valence-corrected chi connectivity index (χ1v) is 13.6. The molecular formula is C22H38N8O2S2. The van der Waals surface area contributed by atoms with E-state index in [9.17, 15) is 9.59 Å². The molecule has 0 aliphatic carbocycles. The maximum Gasteiger partial charge on any atom is 0.270 e. The Morgan fingerprint density at radius 2 is 1.65 bits per heavy atom. The number of amides is 2. The maximum atomic E-state index is 12.3. The number of thiazole rings is 2. The summed E-state index contributed by atoms with van der Waals surface area (Å²) in [7, 11) is 0. The van der Waals surface area contributed by atoms with Crippen LogP contribution in [0.2, 0.25) is 0 Å². The third kappa shape index (κ3) is 10.5. The van der Waals surface area contributed by atoms with Crippen LogP contribution >= 0.6 is 22.7 Å². The van der Waals surface area contributed by atoms with Crippen LogP contribution in [0.4, 0.5) is 0 Å². The molecule has 2 aromatic heterocycles. The quantitative estimate of drug-likeness (QED) is 0.160. The monoisotopic (exact) mass is 510 g/mol. The minimum atomic E-state index is -0.504. The van der Waals surface area contributed by atoms with Gasteiger partial charge in [-0.25, -0.2) is 9.97 Å². The molecule has 0 aliphatic heterocycles. The molecule has 0 saturated heterocycles. The standard InChI is InChI=1S/C22H38N8O2S2/c23-8-2-1-6-16(25)20(31)28-13-7-19-29-18(15-33-19)22-30-17(14-34-22)21(32)27-12-5-11-26-10-4-3-9-24/h14-16,26H,1-13,23-25H2,(H,27,32)(H,28,31)/t16-/m0/s1. The number of rotatable bonds is 18. The van der Waals surface area contributed by atoms with Gasteiger partial charge in [0.1, 0.15) is 16.4 Å². The van der Waals surface area contributed by atoms with Crippen molar-refractivity contribution in [1.82, 2.24) is 25.9 Å². The number of hydrogen-bond donors (Lipinski definition) is 6. The van der Waals surface area contributed by atoms with Gasteiger partial charge in [0.05, 0.1) is 11.0 Å². The first kappa shape index (κ1) is 28.3. The fourth-order valence-corrected chi connectivity index (χ4v) is 4.73. The Balaban J connectivity index is 1.69. The highest BCUT2D eigenvalue weighted by atomic mass is 32.1. The van der Waals surface area contributed by atoms with Gasteiger partial charge in [0.25, 0.3) is 5.91 Å². The number of carbonyl (C=O) groups excluding carboxylic acids is 2. The molecule has 0 unspecified atom stereocenters. The fourth-order valence-electron chi connectivity index (χ4n) is 3.11. The van der Waals surface area contributed by atoms with Gasteiger partial charge in [0, 0.05) is 30.3 Å². The summed E-state index contributed by atoms with van der Waals surface area (Å²) in [4.78, 5) is 33.4. The molecule has 0 aliphatic rings. The van der Waals surface area contributed by atoms with E-state index >= 15 is 0 Å². The fraction of sp³-hybridized carbons (Fsp3) is 0.636. The van der Waals surface area contributed by atoms with Gasteiger partial charge in [-0.2, -0.15) is 0 Å². The molecule has 12 heteroatoms. The molecule has 190 valence electrons. The number of nitrogens with one attached hydrogen (secondary N) is 3. The summed E-state index contributed by atoms with van der Waals surface area (Å²) in [6, 6.07) is -0.504. The normalized spacial score (nSPS) is 12.0. The summed E-state index contributed by atoms with van der Waals surface area (Å²) in [5.74, 6) is -0.321. The Morgan fingerprint density at radius 3 is 2.44 bits per heavy atom. The van der Waals surface area contributed by atoms with Crippen molar-refractivity contribution in [3.8, 4) is 10.7 Å². The van der Waals surface area contributed by atoms with Crippen molar-refractivity contribution in [2.45, 2.75) is 51.0 Å². The lowest BCUT2D eigenvalue weighted by Gasteiger charge is -2.11. The molecule has 9 N–H and O–H groups in total. The number of unbranched alkanes of at least 4 members (excludes halogenated alkanes) is 2. The predicted molar refractivity (Wildman–Crippen MR) is 139 cm³/mol. The number of hydrogen-bond acceptors (Lipinski definition) is 10. The lowest BCUT2D eigenvalue weighted by atomic mass is 10.1. The van der Waals surface area contributed by atoms with E-state index < -0.39 is 6.04 Å². The number of carbonyl (C=O) groups is 2. The van der Waals surface area contributed by atoms with Crippen molar-refractivity contribution < 1.29 is 9.59 Å². The zero-order valence-electron chi connectivity index (χ0n) is 19.7. The highest BCUT2D eigenvalue weighted by molar-refractivity contribution is 7.14. The lowest BCUT2D eigenvalue weighted by molar-refractivity contribution is -0.122. The molecule has 2 amide bonds. The molecule has 2 heterocycles. The van der Waals surface area contributed by atoms with E-state index in [0.29, 0.717) is 43.2 Å². The summed E-state index contributed by atoms with van der Waals surface area (Å²) in [6.45, 7) is 4.21. The Bertz CT molecular complexity index is 858. The van der Waals surface area contributed by atoms with E-state index in [4.69, 9.17) is 17.2 Å². The summed E-state index contributed by atoms with van der Waals surface area (Å²) < 4.78 is 0. The van der Waals surface area contributed by atoms with Crippen molar-refractivity contribution in [3.63, 3.8) is 0 Å². The lowest BCUT2D eigenvalue weighted by Crippen LogP contribution is -2.41. The average molecular weight is 511 g/mol. The zero-order chi connectivity index (χ0) is 24.6. The molecule has 1 atom stereocenters. The molecular weight excluding hydrogens is 472 g/mol. The molecule has 0 saturated carbocycles. The molecule has 0 radical (unpaired) electrons. The van der Waals surface area contributed by atoms with Crippen molar-refractivity contribution in [1.29, 1.82) is 0 Å². The molecule has 0 bridgehead atoms. The van der Waals surface area contributed by atoms with Crippen LogP contribution in [0, 0.1) is 0 Å². The average Bonchev–Trinajstić information content (AvgIpc) is 3.50. The van der Waals surface area contributed by atoms with E-state index in [1.165, 1.54) is 22.7 Å². The zero-order valence-corrected chi connectivity index (χ0v) is 21.3. The van der Waals surface area contributed by atoms with Crippen molar-refractivity contribution in [3.05, 3.63) is 21.5 Å². The smallest absolute Gasteiger partial charge is 0.270 e. The van der Waals surface area contributed by atoms with Crippen molar-refractivity contribution in [2.24, 2.45) is 17.2 Å². The van der Waals surface area contributed by atoms with Crippen LogP contribution < -0.4 is 33.2 Å². The summed E-state index contributed by atoms with van der Waals surface area (Å²) >= 11 is 2.91. The third-order valence-electron chi connectivity index (χ3n) is 5.08. The first-order chi connectivity index (χ1) is 16.5. The Morgan fingerprint density at radius 1 is 0.882 bits per heavy atom. The van der Waals surface area contributed by atoms with Gasteiger partial charge >= 0.3 is 0 Å². The van der Waals surface area contributed by atoms with Gasteiger partial charge in [-0.15, -0.1) is 22.7 Å². The minimum Gasteiger partial charge on any atom is -0.354 e. The van der Waals surface area contributed by atoms with Gasteiger partial charge in [-0.3, -0.25) is 9.59 Å². The predicted octanol–water partition coefficient (Wildman–Crippen LogP) is 0.830. The molecule has 2 rings (SSSR count). The van der Waals surface area contributed by atoms with Crippen molar-refractivity contribution >= 4 is 34.5 Å².